The minimum absolute atomic E-state index is 0.00730. The van der Waals surface area contributed by atoms with Crippen LogP contribution in [0.25, 0.3) is 0 Å². The maximum Gasteiger partial charge on any atom is 0.150 e. The molecule has 0 amide bonds. The van der Waals surface area contributed by atoms with Crippen LogP contribution >= 0.6 is 0 Å². The highest BCUT2D eigenvalue weighted by Gasteiger charge is 2.16. The second kappa shape index (κ2) is 7.79. The van der Waals surface area contributed by atoms with Crippen molar-refractivity contribution in [2.75, 3.05) is 18.1 Å². The molecule has 0 aromatic carbocycles. The molecule has 1 unspecified atom stereocenters. The fourth-order valence-electron chi connectivity index (χ4n) is 1.50. The number of carbonyl (C=O) groups is 1. The highest BCUT2D eigenvalue weighted by Crippen LogP contribution is 2.09. The number of ketones is 1. The van der Waals surface area contributed by atoms with Crippen molar-refractivity contribution in [2.45, 2.75) is 39.5 Å². The van der Waals surface area contributed by atoms with Crippen molar-refractivity contribution in [3.05, 3.63) is 0 Å². The lowest BCUT2D eigenvalue weighted by atomic mass is 9.99. The standard InChI is InChI=1S/C11H23NO3S/c1-3-8-16(14,15)9-6-11(13)10(2)5-4-7-12/h10H,3-9,12H2,1-2H3. The number of hydrogen-bond acceptors (Lipinski definition) is 4. The molecule has 5 heteroatoms. The number of Topliss-reactive ketones (excluding diaryl/α,β-unsaturated/α-hetero) is 1. The summed E-state index contributed by atoms with van der Waals surface area (Å²) in [5.74, 6) is 0.137. The Hall–Kier alpha value is -0.420. The Morgan fingerprint density at radius 3 is 2.44 bits per heavy atom. The van der Waals surface area contributed by atoms with Crippen LogP contribution in [0, 0.1) is 5.92 Å². The zero-order valence-electron chi connectivity index (χ0n) is 10.2. The van der Waals surface area contributed by atoms with Crippen LogP contribution < -0.4 is 5.73 Å². The molecule has 0 aliphatic carbocycles. The Morgan fingerprint density at radius 2 is 1.94 bits per heavy atom. The molecule has 0 aromatic heterocycles. The third-order valence-electron chi connectivity index (χ3n) is 2.57. The van der Waals surface area contributed by atoms with Gasteiger partial charge >= 0.3 is 0 Å². The second-order valence-electron chi connectivity index (χ2n) is 4.20. The molecule has 16 heavy (non-hydrogen) atoms. The van der Waals surface area contributed by atoms with Crippen molar-refractivity contribution in [2.24, 2.45) is 11.7 Å². The topological polar surface area (TPSA) is 77.2 Å². The molecule has 0 fully saturated rings. The van der Waals surface area contributed by atoms with Gasteiger partial charge in [-0.15, -0.1) is 0 Å². The molecule has 0 saturated carbocycles. The largest absolute Gasteiger partial charge is 0.330 e. The van der Waals surface area contributed by atoms with E-state index in [4.69, 9.17) is 5.73 Å². The van der Waals surface area contributed by atoms with E-state index in [9.17, 15) is 13.2 Å². The normalized spacial score (nSPS) is 13.7. The van der Waals surface area contributed by atoms with Gasteiger partial charge in [-0.1, -0.05) is 13.8 Å². The predicted molar refractivity (Wildman–Crippen MR) is 66.0 cm³/mol. The maximum atomic E-state index is 11.6. The van der Waals surface area contributed by atoms with Crippen LogP contribution in [-0.2, 0) is 14.6 Å². The van der Waals surface area contributed by atoms with Crippen LogP contribution in [0.5, 0.6) is 0 Å². The van der Waals surface area contributed by atoms with Gasteiger partial charge in [-0.3, -0.25) is 4.79 Å². The Morgan fingerprint density at radius 1 is 1.31 bits per heavy atom. The van der Waals surface area contributed by atoms with Gasteiger partial charge < -0.3 is 5.73 Å². The lowest BCUT2D eigenvalue weighted by Gasteiger charge is -2.09. The summed E-state index contributed by atoms with van der Waals surface area (Å²) in [5, 5.41) is 0. The maximum absolute atomic E-state index is 11.6. The Balaban J connectivity index is 3.97. The van der Waals surface area contributed by atoms with Crippen LogP contribution in [0.2, 0.25) is 0 Å². The van der Waals surface area contributed by atoms with Crippen molar-refractivity contribution in [1.82, 2.24) is 0 Å². The van der Waals surface area contributed by atoms with Crippen molar-refractivity contribution in [3.63, 3.8) is 0 Å². The summed E-state index contributed by atoms with van der Waals surface area (Å²) < 4.78 is 22.8. The van der Waals surface area contributed by atoms with E-state index < -0.39 is 9.84 Å². The zero-order chi connectivity index (χ0) is 12.6. The van der Waals surface area contributed by atoms with E-state index in [1.165, 1.54) is 0 Å². The Labute approximate surface area is 98.5 Å². The first-order valence-corrected chi connectivity index (χ1v) is 7.68. The van der Waals surface area contributed by atoms with E-state index in [0.717, 1.165) is 12.8 Å². The molecule has 0 rings (SSSR count). The molecule has 96 valence electrons. The van der Waals surface area contributed by atoms with Crippen molar-refractivity contribution < 1.29 is 13.2 Å². The number of nitrogens with two attached hydrogens (primary N) is 1. The molecular weight excluding hydrogens is 226 g/mol. The molecule has 0 radical (unpaired) electrons. The van der Waals surface area contributed by atoms with Gasteiger partial charge in [0.1, 0.15) is 5.78 Å². The highest BCUT2D eigenvalue weighted by atomic mass is 32.2. The van der Waals surface area contributed by atoms with Gasteiger partial charge in [-0.05, 0) is 25.8 Å². The Bertz CT molecular complexity index is 298. The van der Waals surface area contributed by atoms with Crippen molar-refractivity contribution in [1.29, 1.82) is 0 Å². The van der Waals surface area contributed by atoms with Crippen LogP contribution in [0.4, 0.5) is 0 Å². The quantitative estimate of drug-likeness (QED) is 0.665. The molecule has 0 heterocycles. The van der Waals surface area contributed by atoms with E-state index in [1.54, 1.807) is 0 Å². The first kappa shape index (κ1) is 15.6. The minimum atomic E-state index is -3.03. The third kappa shape index (κ3) is 6.95. The molecule has 0 spiro atoms. The summed E-state index contributed by atoms with van der Waals surface area (Å²) in [4.78, 5) is 11.6. The SMILES string of the molecule is CCCS(=O)(=O)CCC(=O)C(C)CCCN. The van der Waals surface area contributed by atoms with Gasteiger partial charge in [0.15, 0.2) is 9.84 Å². The molecule has 4 nitrogen and oxygen atoms in total. The first-order valence-electron chi connectivity index (χ1n) is 5.86. The van der Waals surface area contributed by atoms with Gasteiger partial charge in [0, 0.05) is 18.1 Å². The molecule has 0 saturated heterocycles. The molecule has 1 atom stereocenters. The van der Waals surface area contributed by atoms with Crippen molar-refractivity contribution >= 4 is 15.6 Å². The van der Waals surface area contributed by atoms with Gasteiger partial charge in [0.25, 0.3) is 0 Å². The van der Waals surface area contributed by atoms with Crippen molar-refractivity contribution in [3.8, 4) is 0 Å². The number of rotatable bonds is 9. The monoisotopic (exact) mass is 249 g/mol. The third-order valence-corrected chi connectivity index (χ3v) is 4.42. The molecular formula is C11H23NO3S. The number of hydrogen-bond donors (Lipinski definition) is 1. The average molecular weight is 249 g/mol. The average Bonchev–Trinajstić information content (AvgIpc) is 2.22. The molecule has 0 aromatic rings. The second-order valence-corrected chi connectivity index (χ2v) is 6.50. The summed E-state index contributed by atoms with van der Waals surface area (Å²) in [5.41, 5.74) is 5.35. The van der Waals surface area contributed by atoms with Gasteiger partial charge in [0.05, 0.1) is 5.75 Å². The van der Waals surface area contributed by atoms with E-state index in [1.807, 2.05) is 13.8 Å². The van der Waals surface area contributed by atoms with E-state index in [-0.39, 0.29) is 29.6 Å². The van der Waals surface area contributed by atoms with Gasteiger partial charge in [-0.2, -0.15) is 0 Å². The summed E-state index contributed by atoms with van der Waals surface area (Å²) >= 11 is 0. The number of carbonyl (C=O) groups excluding carboxylic acids is 1. The summed E-state index contributed by atoms with van der Waals surface area (Å²) in [6, 6.07) is 0. The fraction of sp³-hybridized carbons (Fsp3) is 0.909. The van der Waals surface area contributed by atoms with E-state index in [2.05, 4.69) is 0 Å². The molecule has 0 bridgehead atoms. The summed E-state index contributed by atoms with van der Waals surface area (Å²) in [6.45, 7) is 4.24. The first-order chi connectivity index (χ1) is 7.43. The van der Waals surface area contributed by atoms with E-state index >= 15 is 0 Å². The van der Waals surface area contributed by atoms with Gasteiger partial charge in [0.2, 0.25) is 0 Å². The predicted octanol–water partition coefficient (Wildman–Crippen LogP) is 1.15. The Kier molecular flexibility index (Phi) is 7.58. The summed E-state index contributed by atoms with van der Waals surface area (Å²) in [7, 11) is -3.03. The fourth-order valence-corrected chi connectivity index (χ4v) is 2.84. The van der Waals surface area contributed by atoms with Crippen LogP contribution in [0.15, 0.2) is 0 Å². The van der Waals surface area contributed by atoms with Crippen LogP contribution in [0.3, 0.4) is 0 Å². The van der Waals surface area contributed by atoms with Crippen LogP contribution in [0.1, 0.15) is 39.5 Å². The molecule has 2 N–H and O–H groups in total. The minimum Gasteiger partial charge on any atom is -0.330 e. The zero-order valence-corrected chi connectivity index (χ0v) is 11.1. The molecule has 0 aliphatic rings. The lowest BCUT2D eigenvalue weighted by Crippen LogP contribution is -2.19. The number of sulfone groups is 1. The molecule has 0 aliphatic heterocycles. The highest BCUT2D eigenvalue weighted by molar-refractivity contribution is 7.91. The van der Waals surface area contributed by atoms with Crippen LogP contribution in [-0.4, -0.2) is 32.3 Å². The van der Waals surface area contributed by atoms with Gasteiger partial charge in [-0.25, -0.2) is 8.42 Å². The van der Waals surface area contributed by atoms with E-state index in [0.29, 0.717) is 13.0 Å². The lowest BCUT2D eigenvalue weighted by molar-refractivity contribution is -0.122. The smallest absolute Gasteiger partial charge is 0.150 e. The summed E-state index contributed by atoms with van der Waals surface area (Å²) in [6.07, 6.45) is 2.32.